The molecule has 2 aromatic rings. The third-order valence-corrected chi connectivity index (χ3v) is 6.45. The molecule has 0 spiro atoms. The van der Waals surface area contributed by atoms with E-state index in [1.54, 1.807) is 0 Å². The van der Waals surface area contributed by atoms with Gasteiger partial charge in [0.25, 0.3) is 5.91 Å². The van der Waals surface area contributed by atoms with Gasteiger partial charge in [-0.25, -0.2) is 4.39 Å². The largest absolute Gasteiger partial charge is 0.493 e. The number of aromatic nitrogens is 2. The van der Waals surface area contributed by atoms with Crippen LogP contribution >= 0.6 is 0 Å². The predicted molar refractivity (Wildman–Crippen MR) is 113 cm³/mol. The van der Waals surface area contributed by atoms with Crippen molar-refractivity contribution < 1.29 is 46.4 Å². The molecule has 5 unspecified atom stereocenters. The van der Waals surface area contributed by atoms with Gasteiger partial charge in [-0.05, 0) is 13.0 Å². The maximum Gasteiger partial charge on any atom is 0.417 e. The van der Waals surface area contributed by atoms with Gasteiger partial charge in [-0.15, -0.1) is 0 Å². The number of carbonyl (C=O) groups excluding carboxylic acids is 1. The molecular weight excluding hydrogens is 481 g/mol. The van der Waals surface area contributed by atoms with E-state index in [2.05, 4.69) is 10.4 Å². The molecule has 1 aliphatic heterocycles. The number of rotatable bonds is 7. The number of benzene rings is 1. The Bertz CT molecular complexity index is 1090. The van der Waals surface area contributed by atoms with E-state index in [1.807, 2.05) is 0 Å². The van der Waals surface area contributed by atoms with Gasteiger partial charge in [0.05, 0.1) is 19.8 Å². The van der Waals surface area contributed by atoms with Crippen LogP contribution in [0.1, 0.15) is 31.0 Å². The molecule has 3 rings (SSSR count). The summed E-state index contributed by atoms with van der Waals surface area (Å²) in [6.07, 6.45) is -7.72. The van der Waals surface area contributed by atoms with Crippen molar-refractivity contribution >= 4 is 11.7 Å². The summed E-state index contributed by atoms with van der Waals surface area (Å²) in [7, 11) is 2.55. The Morgan fingerprint density at radius 2 is 2.03 bits per heavy atom. The van der Waals surface area contributed by atoms with Gasteiger partial charge >= 0.3 is 6.18 Å². The number of carbonyl (C=O) groups is 1. The van der Waals surface area contributed by atoms with Crippen LogP contribution in [0.2, 0.25) is 0 Å². The highest BCUT2D eigenvalue weighted by Gasteiger charge is 2.66. The second kappa shape index (κ2) is 9.70. The molecule has 1 fully saturated rings. The topological polar surface area (TPSA) is 106 Å². The Kier molecular flexibility index (Phi) is 7.44. The van der Waals surface area contributed by atoms with Crippen molar-refractivity contribution in [2.75, 3.05) is 19.0 Å². The molecular formula is C22H26F5N3O5. The number of aliphatic hydroxyl groups excluding tert-OH is 2. The average Bonchev–Trinajstić information content (AvgIpc) is 3.26. The zero-order valence-electron chi connectivity index (χ0n) is 19.4. The zero-order chi connectivity index (χ0) is 26.3. The average molecular weight is 507 g/mol. The van der Waals surface area contributed by atoms with E-state index in [-0.39, 0.29) is 17.8 Å². The lowest BCUT2D eigenvalue weighted by atomic mass is 9.77. The van der Waals surface area contributed by atoms with Crippen LogP contribution in [0.5, 0.6) is 5.75 Å². The number of halogens is 5. The van der Waals surface area contributed by atoms with Crippen LogP contribution < -0.4 is 10.1 Å². The lowest BCUT2D eigenvalue weighted by Gasteiger charge is -2.32. The summed E-state index contributed by atoms with van der Waals surface area (Å²) in [4.78, 5) is 13.2. The first kappa shape index (κ1) is 26.8. The Balaban J connectivity index is 2.01. The van der Waals surface area contributed by atoms with Crippen LogP contribution in [0.4, 0.5) is 27.8 Å². The number of aryl methyl sites for hydroxylation is 1. The first-order chi connectivity index (χ1) is 16.2. The van der Waals surface area contributed by atoms with Crippen LogP contribution in [-0.2, 0) is 23.0 Å². The third-order valence-electron chi connectivity index (χ3n) is 6.45. The highest BCUT2D eigenvalue weighted by atomic mass is 19.4. The molecule has 1 saturated heterocycles. The number of ether oxygens (including phenoxy) is 2. The molecule has 0 radical (unpaired) electrons. The number of methoxy groups -OCH3 is 1. The molecule has 8 nitrogen and oxygen atoms in total. The second-order valence-corrected chi connectivity index (χ2v) is 8.62. The molecule has 0 bridgehead atoms. The van der Waals surface area contributed by atoms with Crippen molar-refractivity contribution in [1.82, 2.24) is 9.78 Å². The standard InChI is InChI=1S/C22H26F5N3O5/c1-10-16(13-5-6-14(23)17(24)18(13)34-4)19(35-21(10,2)22(25,26)27)20(33)28-15-8-11(30(3)29-15)7-12(32)9-31/h5-6,8,10,12,16,19,31-32H,7,9H2,1-4H3,(H,28,29,33). The zero-order valence-corrected chi connectivity index (χ0v) is 19.4. The molecule has 1 aromatic heterocycles. The Labute approximate surface area is 197 Å². The van der Waals surface area contributed by atoms with E-state index >= 15 is 0 Å². The Morgan fingerprint density at radius 3 is 2.60 bits per heavy atom. The fraction of sp³-hybridized carbons (Fsp3) is 0.545. The minimum Gasteiger partial charge on any atom is -0.493 e. The van der Waals surface area contributed by atoms with Gasteiger partial charge in [0, 0.05) is 42.6 Å². The molecule has 0 saturated carbocycles. The summed E-state index contributed by atoms with van der Waals surface area (Å²) in [6.45, 7) is 1.50. The van der Waals surface area contributed by atoms with E-state index in [4.69, 9.17) is 14.6 Å². The number of anilines is 1. The van der Waals surface area contributed by atoms with Crippen molar-refractivity contribution in [3.05, 3.63) is 41.1 Å². The summed E-state index contributed by atoms with van der Waals surface area (Å²) in [6, 6.07) is 3.19. The summed E-state index contributed by atoms with van der Waals surface area (Å²) < 4.78 is 81.8. The van der Waals surface area contributed by atoms with Gasteiger partial charge in [-0.1, -0.05) is 13.0 Å². The van der Waals surface area contributed by atoms with Crippen LogP contribution in [0.15, 0.2) is 18.2 Å². The van der Waals surface area contributed by atoms with Gasteiger partial charge < -0.3 is 25.0 Å². The van der Waals surface area contributed by atoms with E-state index in [0.29, 0.717) is 5.69 Å². The van der Waals surface area contributed by atoms with E-state index in [1.165, 1.54) is 24.7 Å². The number of alkyl halides is 3. The molecule has 194 valence electrons. The lowest BCUT2D eigenvalue weighted by Crippen LogP contribution is -2.47. The molecule has 1 aromatic carbocycles. The molecule has 5 atom stereocenters. The van der Waals surface area contributed by atoms with Gasteiger partial charge in [-0.2, -0.15) is 22.7 Å². The lowest BCUT2D eigenvalue weighted by molar-refractivity contribution is -0.272. The number of hydrogen-bond acceptors (Lipinski definition) is 6. The molecule has 0 aliphatic carbocycles. The number of amides is 1. The molecule has 1 amide bonds. The van der Waals surface area contributed by atoms with Crippen LogP contribution in [0.25, 0.3) is 0 Å². The van der Waals surface area contributed by atoms with Crippen molar-refractivity contribution in [2.24, 2.45) is 13.0 Å². The Morgan fingerprint density at radius 1 is 1.37 bits per heavy atom. The third kappa shape index (κ3) is 4.84. The molecule has 13 heteroatoms. The molecule has 3 N–H and O–H groups in total. The number of aliphatic hydroxyl groups is 2. The van der Waals surface area contributed by atoms with Crippen LogP contribution in [0.3, 0.4) is 0 Å². The van der Waals surface area contributed by atoms with Crippen molar-refractivity contribution in [3.8, 4) is 5.75 Å². The maximum absolute atomic E-state index is 14.4. The summed E-state index contributed by atoms with van der Waals surface area (Å²) in [5, 5.41) is 25.1. The minimum atomic E-state index is -4.88. The van der Waals surface area contributed by atoms with Crippen molar-refractivity contribution in [3.63, 3.8) is 0 Å². The number of nitrogens with zero attached hydrogens (tertiary/aromatic N) is 2. The summed E-state index contributed by atoms with van der Waals surface area (Å²) in [5.74, 6) is -7.05. The van der Waals surface area contributed by atoms with Gasteiger partial charge in [-0.3, -0.25) is 9.48 Å². The highest BCUT2D eigenvalue weighted by molar-refractivity contribution is 5.94. The molecule has 2 heterocycles. The maximum atomic E-state index is 14.4. The quantitative estimate of drug-likeness (QED) is 0.498. The number of hydrogen-bond donors (Lipinski definition) is 3. The highest BCUT2D eigenvalue weighted by Crippen LogP contribution is 2.55. The van der Waals surface area contributed by atoms with Gasteiger partial charge in [0.15, 0.2) is 23.0 Å². The monoisotopic (exact) mass is 507 g/mol. The smallest absolute Gasteiger partial charge is 0.417 e. The summed E-state index contributed by atoms with van der Waals surface area (Å²) >= 11 is 0. The first-order valence-corrected chi connectivity index (χ1v) is 10.6. The van der Waals surface area contributed by atoms with Crippen molar-refractivity contribution in [1.29, 1.82) is 0 Å². The minimum absolute atomic E-state index is 0.00760. The van der Waals surface area contributed by atoms with E-state index in [0.717, 1.165) is 26.2 Å². The van der Waals surface area contributed by atoms with E-state index < -0.39 is 65.7 Å². The molecule has 35 heavy (non-hydrogen) atoms. The normalized spacial score (nSPS) is 25.5. The Hall–Kier alpha value is -2.77. The van der Waals surface area contributed by atoms with E-state index in [9.17, 15) is 31.9 Å². The summed E-state index contributed by atoms with van der Waals surface area (Å²) in [5.41, 5.74) is -2.50. The SMILES string of the molecule is COc1c(C2C(C(=O)Nc3cc(CC(O)CO)n(C)n3)OC(C)(C(F)(F)F)C2C)ccc(F)c1F. The second-order valence-electron chi connectivity index (χ2n) is 8.62. The molecule has 1 aliphatic rings. The fourth-order valence-corrected chi connectivity index (χ4v) is 4.30. The predicted octanol–water partition coefficient (Wildman–Crippen LogP) is 2.68. The fourth-order valence-electron chi connectivity index (χ4n) is 4.30. The van der Waals surface area contributed by atoms with Gasteiger partial charge in [0.2, 0.25) is 5.82 Å². The van der Waals surface area contributed by atoms with Crippen LogP contribution in [-0.4, -0.2) is 63.6 Å². The number of nitrogens with one attached hydrogen (secondary N) is 1. The van der Waals surface area contributed by atoms with Crippen molar-refractivity contribution in [2.45, 2.75) is 50.2 Å². The first-order valence-electron chi connectivity index (χ1n) is 10.6. The van der Waals surface area contributed by atoms with Crippen LogP contribution in [0, 0.1) is 17.6 Å². The van der Waals surface area contributed by atoms with Gasteiger partial charge in [0.1, 0.15) is 6.10 Å².